The van der Waals surface area contributed by atoms with E-state index < -0.39 is 18.0 Å². The van der Waals surface area contributed by atoms with Gasteiger partial charge in [0.1, 0.15) is 0 Å². The molecule has 1 aromatic heterocycles. The first-order valence-corrected chi connectivity index (χ1v) is 9.02. The Morgan fingerprint density at radius 2 is 1.85 bits per heavy atom. The van der Waals surface area contributed by atoms with Crippen molar-refractivity contribution in [1.82, 2.24) is 0 Å². The lowest BCUT2D eigenvalue weighted by Gasteiger charge is -2.28. The van der Waals surface area contributed by atoms with Crippen LogP contribution >= 0.6 is 15.9 Å². The van der Waals surface area contributed by atoms with Crippen LogP contribution in [0.5, 0.6) is 0 Å². The molecule has 1 aliphatic rings. The van der Waals surface area contributed by atoms with E-state index in [9.17, 15) is 9.59 Å². The van der Waals surface area contributed by atoms with Gasteiger partial charge in [-0.05, 0) is 59.3 Å². The van der Waals surface area contributed by atoms with Gasteiger partial charge in [0.05, 0.1) is 13.2 Å². The highest BCUT2D eigenvalue weighted by atomic mass is 79.9. The third-order valence-corrected chi connectivity index (χ3v) is 4.36. The van der Waals surface area contributed by atoms with Crippen LogP contribution in [-0.4, -0.2) is 44.3 Å². The molecule has 1 amide bonds. The van der Waals surface area contributed by atoms with Gasteiger partial charge in [-0.1, -0.05) is 0 Å². The van der Waals surface area contributed by atoms with E-state index in [1.165, 1.54) is 13.0 Å². The number of nitrogens with one attached hydrogen (secondary N) is 1. The normalized spacial score (nSPS) is 15.4. The summed E-state index contributed by atoms with van der Waals surface area (Å²) < 4.78 is 16.0. The number of furan rings is 1. The molecule has 1 aromatic carbocycles. The lowest BCUT2D eigenvalue weighted by Crippen LogP contribution is -2.36. The summed E-state index contributed by atoms with van der Waals surface area (Å²) in [6.45, 7) is 4.64. The SMILES string of the molecule is C[C@H](OC(=O)c1ccc(Br)o1)C(=O)Nc1ccc(N2CCOCC2)cc1. The van der Waals surface area contributed by atoms with Crippen LogP contribution in [0.25, 0.3) is 0 Å². The molecule has 0 saturated carbocycles. The predicted octanol–water partition coefficient (Wildman–Crippen LogP) is 3.06. The molecule has 2 aromatic rings. The van der Waals surface area contributed by atoms with E-state index in [0.29, 0.717) is 23.6 Å². The molecule has 1 aliphatic heterocycles. The van der Waals surface area contributed by atoms with Gasteiger partial charge in [-0.15, -0.1) is 0 Å². The first-order chi connectivity index (χ1) is 12.5. The number of amides is 1. The van der Waals surface area contributed by atoms with Gasteiger partial charge in [0.25, 0.3) is 5.91 Å². The molecular formula is C18H19BrN2O5. The number of carbonyl (C=O) groups excluding carboxylic acids is 2. The van der Waals surface area contributed by atoms with Gasteiger partial charge in [0, 0.05) is 24.5 Å². The molecule has 1 saturated heterocycles. The van der Waals surface area contributed by atoms with E-state index in [4.69, 9.17) is 13.9 Å². The Morgan fingerprint density at radius 1 is 1.15 bits per heavy atom. The highest BCUT2D eigenvalue weighted by molar-refractivity contribution is 9.10. The maximum atomic E-state index is 12.2. The highest BCUT2D eigenvalue weighted by Gasteiger charge is 2.21. The fraction of sp³-hybridized carbons (Fsp3) is 0.333. The van der Waals surface area contributed by atoms with Crippen LogP contribution in [0.1, 0.15) is 17.5 Å². The van der Waals surface area contributed by atoms with Crippen molar-refractivity contribution in [3.05, 3.63) is 46.8 Å². The van der Waals surface area contributed by atoms with Gasteiger partial charge < -0.3 is 24.1 Å². The van der Waals surface area contributed by atoms with E-state index in [-0.39, 0.29) is 5.76 Å². The molecule has 8 heteroatoms. The van der Waals surface area contributed by atoms with Crippen LogP contribution in [0.3, 0.4) is 0 Å². The molecule has 0 radical (unpaired) electrons. The Labute approximate surface area is 159 Å². The van der Waals surface area contributed by atoms with E-state index in [0.717, 1.165) is 18.8 Å². The zero-order valence-electron chi connectivity index (χ0n) is 14.2. The smallest absolute Gasteiger partial charge is 0.375 e. The van der Waals surface area contributed by atoms with Gasteiger partial charge in [-0.25, -0.2) is 4.79 Å². The predicted molar refractivity (Wildman–Crippen MR) is 99.4 cm³/mol. The zero-order valence-corrected chi connectivity index (χ0v) is 15.8. The van der Waals surface area contributed by atoms with Crippen molar-refractivity contribution in [1.29, 1.82) is 0 Å². The monoisotopic (exact) mass is 422 g/mol. The standard InChI is InChI=1S/C18H19BrN2O5/c1-12(25-18(23)15-6-7-16(19)26-15)17(22)20-13-2-4-14(5-3-13)21-8-10-24-11-9-21/h2-7,12H,8-11H2,1H3,(H,20,22)/t12-/m0/s1. The Hall–Kier alpha value is -2.32. The molecule has 1 atom stereocenters. The third kappa shape index (κ3) is 4.64. The number of hydrogen-bond donors (Lipinski definition) is 1. The number of esters is 1. The van der Waals surface area contributed by atoms with Gasteiger partial charge in [-0.2, -0.15) is 0 Å². The summed E-state index contributed by atoms with van der Waals surface area (Å²) in [5, 5.41) is 2.73. The van der Waals surface area contributed by atoms with Crippen molar-refractivity contribution >= 4 is 39.2 Å². The number of carbonyl (C=O) groups is 2. The van der Waals surface area contributed by atoms with Crippen molar-refractivity contribution < 1.29 is 23.5 Å². The number of morpholine rings is 1. The first kappa shape index (κ1) is 18.5. The van der Waals surface area contributed by atoms with Crippen LogP contribution in [0.2, 0.25) is 0 Å². The quantitative estimate of drug-likeness (QED) is 0.745. The minimum atomic E-state index is -0.953. The molecule has 0 bridgehead atoms. The van der Waals surface area contributed by atoms with Crippen molar-refractivity contribution in [3.8, 4) is 0 Å². The summed E-state index contributed by atoms with van der Waals surface area (Å²) in [6.07, 6.45) is -0.953. The van der Waals surface area contributed by atoms with Crippen LogP contribution in [0.4, 0.5) is 11.4 Å². The van der Waals surface area contributed by atoms with Crippen molar-refractivity contribution in [2.24, 2.45) is 0 Å². The minimum absolute atomic E-state index is 0.0337. The molecule has 0 aliphatic carbocycles. The molecule has 7 nitrogen and oxygen atoms in total. The second-order valence-electron chi connectivity index (χ2n) is 5.79. The largest absolute Gasteiger partial charge is 0.447 e. The average molecular weight is 423 g/mol. The van der Waals surface area contributed by atoms with Crippen molar-refractivity contribution in [2.45, 2.75) is 13.0 Å². The Kier molecular flexibility index (Phi) is 5.95. The summed E-state index contributed by atoms with van der Waals surface area (Å²) in [4.78, 5) is 26.4. The second kappa shape index (κ2) is 8.37. The summed E-state index contributed by atoms with van der Waals surface area (Å²) >= 11 is 3.11. The van der Waals surface area contributed by atoms with Crippen LogP contribution < -0.4 is 10.2 Å². The number of hydrogen-bond acceptors (Lipinski definition) is 6. The molecule has 138 valence electrons. The Balaban J connectivity index is 1.54. The molecular weight excluding hydrogens is 404 g/mol. The van der Waals surface area contributed by atoms with Crippen LogP contribution in [0, 0.1) is 0 Å². The van der Waals surface area contributed by atoms with E-state index in [1.807, 2.05) is 24.3 Å². The first-order valence-electron chi connectivity index (χ1n) is 8.23. The molecule has 2 heterocycles. The molecule has 3 rings (SSSR count). The van der Waals surface area contributed by atoms with Gasteiger partial charge in [-0.3, -0.25) is 4.79 Å². The maximum absolute atomic E-state index is 12.2. The van der Waals surface area contributed by atoms with Gasteiger partial charge in [0.2, 0.25) is 5.76 Å². The highest BCUT2D eigenvalue weighted by Crippen LogP contribution is 2.20. The maximum Gasteiger partial charge on any atom is 0.375 e. The summed E-state index contributed by atoms with van der Waals surface area (Å²) in [5.74, 6) is -1.07. The summed E-state index contributed by atoms with van der Waals surface area (Å²) in [6, 6.07) is 10.6. The van der Waals surface area contributed by atoms with E-state index in [1.54, 1.807) is 6.07 Å². The Bertz CT molecular complexity index is 768. The number of nitrogens with zero attached hydrogens (tertiary/aromatic N) is 1. The van der Waals surface area contributed by atoms with Crippen LogP contribution in [0.15, 0.2) is 45.5 Å². The number of ether oxygens (including phenoxy) is 2. The second-order valence-corrected chi connectivity index (χ2v) is 6.57. The third-order valence-electron chi connectivity index (χ3n) is 3.94. The van der Waals surface area contributed by atoms with Gasteiger partial charge in [0.15, 0.2) is 10.8 Å². The average Bonchev–Trinajstić information content (AvgIpc) is 3.09. The van der Waals surface area contributed by atoms with E-state index >= 15 is 0 Å². The Morgan fingerprint density at radius 3 is 2.46 bits per heavy atom. The van der Waals surface area contributed by atoms with Crippen LogP contribution in [-0.2, 0) is 14.3 Å². The fourth-order valence-corrected chi connectivity index (χ4v) is 2.82. The summed E-state index contributed by atoms with van der Waals surface area (Å²) in [7, 11) is 0. The molecule has 1 fully saturated rings. The van der Waals surface area contributed by atoms with E-state index in [2.05, 4.69) is 26.1 Å². The number of rotatable bonds is 5. The zero-order chi connectivity index (χ0) is 18.5. The van der Waals surface area contributed by atoms with Crippen molar-refractivity contribution in [2.75, 3.05) is 36.5 Å². The molecule has 26 heavy (non-hydrogen) atoms. The minimum Gasteiger partial charge on any atom is -0.447 e. The molecule has 0 unspecified atom stereocenters. The van der Waals surface area contributed by atoms with Gasteiger partial charge >= 0.3 is 5.97 Å². The van der Waals surface area contributed by atoms with Crippen molar-refractivity contribution in [3.63, 3.8) is 0 Å². The topological polar surface area (TPSA) is 81.0 Å². The molecule has 1 N–H and O–H groups in total. The number of benzene rings is 1. The number of anilines is 2. The lowest BCUT2D eigenvalue weighted by atomic mass is 10.2. The number of halogens is 1. The summed E-state index contributed by atoms with van der Waals surface area (Å²) in [5.41, 5.74) is 1.71. The lowest BCUT2D eigenvalue weighted by molar-refractivity contribution is -0.123. The molecule has 0 spiro atoms. The fourth-order valence-electron chi connectivity index (χ4n) is 2.52.